The molecule has 6 heteroatoms. The predicted molar refractivity (Wildman–Crippen MR) is 97.6 cm³/mol. The molecule has 0 atom stereocenters. The van der Waals surface area contributed by atoms with Crippen LogP contribution in [0.15, 0.2) is 52.9 Å². The summed E-state index contributed by atoms with van der Waals surface area (Å²) in [5.74, 6) is 0.559. The first-order valence-corrected chi connectivity index (χ1v) is 8.37. The number of hydrogen-bond acceptors (Lipinski definition) is 4. The normalized spacial score (nSPS) is 10.9. The van der Waals surface area contributed by atoms with Crippen LogP contribution < -0.4 is 5.32 Å². The van der Waals surface area contributed by atoms with Crippen LogP contribution in [0.5, 0.6) is 0 Å². The summed E-state index contributed by atoms with van der Waals surface area (Å²) in [6.07, 6.45) is 0.243. The number of hydrogen-bond donors (Lipinski definition) is 1. The Morgan fingerprint density at radius 2 is 1.92 bits per heavy atom. The van der Waals surface area contributed by atoms with E-state index < -0.39 is 0 Å². The van der Waals surface area contributed by atoms with Gasteiger partial charge in [-0.25, -0.2) is 0 Å². The number of carbonyl (C=O) groups is 1. The van der Waals surface area contributed by atoms with Crippen molar-refractivity contribution in [2.24, 2.45) is 0 Å². The summed E-state index contributed by atoms with van der Waals surface area (Å²) in [6.45, 7) is 4.27. The minimum absolute atomic E-state index is 0.0683. The molecule has 0 radical (unpaired) electrons. The van der Waals surface area contributed by atoms with Gasteiger partial charge in [0, 0.05) is 10.6 Å². The Morgan fingerprint density at radius 3 is 2.60 bits per heavy atom. The number of nitrogens with one attached hydrogen (secondary N) is 1. The standard InChI is InChI=1S/C19H18ClN3O2/c1-12(2)14-8-6-13(7-9-14)10-17(24)21-19-23-22-18(25-19)15-4-3-5-16(20)11-15/h3-9,11-12H,10H2,1-2H3,(H,21,23,24). The predicted octanol–water partition coefficient (Wildman–Crippen LogP) is 4.69. The van der Waals surface area contributed by atoms with Gasteiger partial charge in [-0.1, -0.05) is 60.9 Å². The van der Waals surface area contributed by atoms with Gasteiger partial charge in [0.05, 0.1) is 6.42 Å². The van der Waals surface area contributed by atoms with E-state index in [1.165, 1.54) is 5.56 Å². The molecular weight excluding hydrogens is 338 g/mol. The largest absolute Gasteiger partial charge is 0.403 e. The van der Waals surface area contributed by atoms with E-state index in [1.807, 2.05) is 24.3 Å². The van der Waals surface area contributed by atoms with E-state index >= 15 is 0 Å². The fourth-order valence-electron chi connectivity index (χ4n) is 2.38. The lowest BCUT2D eigenvalue weighted by atomic mass is 10.0. The van der Waals surface area contributed by atoms with Crippen molar-refractivity contribution in [2.75, 3.05) is 5.32 Å². The first kappa shape index (κ1) is 17.2. The Hall–Kier alpha value is -2.66. The average molecular weight is 356 g/mol. The maximum atomic E-state index is 12.1. The van der Waals surface area contributed by atoms with Crippen LogP contribution in [0.2, 0.25) is 5.02 Å². The van der Waals surface area contributed by atoms with Gasteiger partial charge < -0.3 is 4.42 Å². The van der Waals surface area contributed by atoms with Crippen molar-refractivity contribution in [3.05, 3.63) is 64.7 Å². The minimum Gasteiger partial charge on any atom is -0.403 e. The van der Waals surface area contributed by atoms with Crippen LogP contribution in [-0.4, -0.2) is 16.1 Å². The molecular formula is C19H18ClN3O2. The number of anilines is 1. The number of rotatable bonds is 5. The summed E-state index contributed by atoms with van der Waals surface area (Å²) in [7, 11) is 0. The van der Waals surface area contributed by atoms with Crippen LogP contribution in [-0.2, 0) is 11.2 Å². The fourth-order valence-corrected chi connectivity index (χ4v) is 2.57. The van der Waals surface area contributed by atoms with Crippen LogP contribution in [0.4, 0.5) is 6.01 Å². The highest BCUT2D eigenvalue weighted by Gasteiger charge is 2.12. The molecule has 0 fully saturated rings. The lowest BCUT2D eigenvalue weighted by Crippen LogP contribution is -2.14. The van der Waals surface area contributed by atoms with Gasteiger partial charge in [-0.2, -0.15) is 0 Å². The van der Waals surface area contributed by atoms with Gasteiger partial charge >= 0.3 is 6.01 Å². The van der Waals surface area contributed by atoms with Gasteiger partial charge in [0.1, 0.15) is 0 Å². The first-order chi connectivity index (χ1) is 12.0. The fraction of sp³-hybridized carbons (Fsp3) is 0.211. The molecule has 0 spiro atoms. The summed E-state index contributed by atoms with van der Waals surface area (Å²) in [5.41, 5.74) is 2.87. The number of halogens is 1. The molecule has 1 N–H and O–H groups in total. The number of nitrogens with zero attached hydrogens (tertiary/aromatic N) is 2. The molecule has 0 saturated carbocycles. The zero-order chi connectivity index (χ0) is 17.8. The minimum atomic E-state index is -0.210. The van der Waals surface area contributed by atoms with E-state index in [9.17, 15) is 4.79 Å². The Labute approximate surface area is 151 Å². The first-order valence-electron chi connectivity index (χ1n) is 7.99. The third-order valence-electron chi connectivity index (χ3n) is 3.75. The van der Waals surface area contributed by atoms with Crippen molar-refractivity contribution in [1.29, 1.82) is 0 Å². The average Bonchev–Trinajstić information content (AvgIpc) is 3.03. The van der Waals surface area contributed by atoms with Crippen LogP contribution in [0.3, 0.4) is 0 Å². The smallest absolute Gasteiger partial charge is 0.322 e. The van der Waals surface area contributed by atoms with Gasteiger partial charge in [0.15, 0.2) is 0 Å². The zero-order valence-electron chi connectivity index (χ0n) is 14.0. The van der Waals surface area contributed by atoms with Crippen molar-refractivity contribution in [1.82, 2.24) is 10.2 Å². The molecule has 0 unspecified atom stereocenters. The third kappa shape index (κ3) is 4.45. The number of aromatic nitrogens is 2. The Kier molecular flexibility index (Phi) is 5.14. The van der Waals surface area contributed by atoms with Crippen molar-refractivity contribution >= 4 is 23.5 Å². The Bertz CT molecular complexity index is 872. The molecule has 1 heterocycles. The molecule has 0 bridgehead atoms. The summed E-state index contributed by atoms with van der Waals surface area (Å²) < 4.78 is 5.47. The molecule has 0 saturated heterocycles. The summed E-state index contributed by atoms with van der Waals surface area (Å²) in [6, 6.07) is 15.1. The topological polar surface area (TPSA) is 68.0 Å². The second-order valence-corrected chi connectivity index (χ2v) is 6.48. The molecule has 1 aromatic heterocycles. The maximum Gasteiger partial charge on any atom is 0.322 e. The SMILES string of the molecule is CC(C)c1ccc(CC(=O)Nc2nnc(-c3cccc(Cl)c3)o2)cc1. The number of amides is 1. The van der Waals surface area contributed by atoms with E-state index in [0.717, 1.165) is 5.56 Å². The molecule has 0 aliphatic heterocycles. The second kappa shape index (κ2) is 7.49. The summed E-state index contributed by atoms with van der Waals surface area (Å²) in [5, 5.41) is 11.0. The van der Waals surface area contributed by atoms with Gasteiger partial charge in [-0.15, -0.1) is 5.10 Å². The van der Waals surface area contributed by atoms with Crippen LogP contribution in [0.1, 0.15) is 30.9 Å². The van der Waals surface area contributed by atoms with Gasteiger partial charge in [0.25, 0.3) is 0 Å². The molecule has 128 valence electrons. The number of benzene rings is 2. The number of carbonyl (C=O) groups excluding carboxylic acids is 1. The zero-order valence-corrected chi connectivity index (χ0v) is 14.7. The molecule has 3 rings (SSSR count). The van der Waals surface area contributed by atoms with Gasteiger partial charge in [0.2, 0.25) is 11.8 Å². The molecule has 2 aromatic carbocycles. The van der Waals surface area contributed by atoms with Crippen molar-refractivity contribution in [3.63, 3.8) is 0 Å². The second-order valence-electron chi connectivity index (χ2n) is 6.04. The van der Waals surface area contributed by atoms with E-state index in [1.54, 1.807) is 24.3 Å². The van der Waals surface area contributed by atoms with Crippen LogP contribution in [0.25, 0.3) is 11.5 Å². The highest BCUT2D eigenvalue weighted by atomic mass is 35.5. The molecule has 3 aromatic rings. The van der Waals surface area contributed by atoms with Crippen molar-refractivity contribution in [3.8, 4) is 11.5 Å². The van der Waals surface area contributed by atoms with Gasteiger partial charge in [-0.3, -0.25) is 10.1 Å². The van der Waals surface area contributed by atoms with E-state index in [2.05, 4.69) is 29.4 Å². The third-order valence-corrected chi connectivity index (χ3v) is 3.99. The van der Waals surface area contributed by atoms with Gasteiger partial charge in [-0.05, 0) is 35.2 Å². The highest BCUT2D eigenvalue weighted by molar-refractivity contribution is 6.30. The molecule has 0 aliphatic carbocycles. The Balaban J connectivity index is 1.63. The Morgan fingerprint density at radius 1 is 1.16 bits per heavy atom. The summed E-state index contributed by atoms with van der Waals surface area (Å²) >= 11 is 5.95. The molecule has 5 nitrogen and oxygen atoms in total. The molecule has 1 amide bonds. The lowest BCUT2D eigenvalue weighted by Gasteiger charge is -2.06. The van der Waals surface area contributed by atoms with E-state index in [-0.39, 0.29) is 18.3 Å². The van der Waals surface area contributed by atoms with Crippen molar-refractivity contribution < 1.29 is 9.21 Å². The molecule has 25 heavy (non-hydrogen) atoms. The quantitative estimate of drug-likeness (QED) is 0.720. The van der Waals surface area contributed by atoms with Crippen LogP contribution in [0, 0.1) is 0 Å². The molecule has 0 aliphatic rings. The van der Waals surface area contributed by atoms with E-state index in [0.29, 0.717) is 22.4 Å². The summed E-state index contributed by atoms with van der Waals surface area (Å²) in [4.78, 5) is 12.1. The van der Waals surface area contributed by atoms with Crippen molar-refractivity contribution in [2.45, 2.75) is 26.2 Å². The maximum absolute atomic E-state index is 12.1. The van der Waals surface area contributed by atoms with E-state index in [4.69, 9.17) is 16.0 Å². The highest BCUT2D eigenvalue weighted by Crippen LogP contribution is 2.23. The lowest BCUT2D eigenvalue weighted by molar-refractivity contribution is -0.115. The van der Waals surface area contributed by atoms with Crippen LogP contribution >= 0.6 is 11.6 Å². The monoisotopic (exact) mass is 355 g/mol.